The van der Waals surface area contributed by atoms with Crippen LogP contribution in [0.1, 0.15) is 31.2 Å². The zero-order chi connectivity index (χ0) is 13.9. The molecule has 2 heterocycles. The molecule has 1 aromatic carbocycles. The Morgan fingerprint density at radius 1 is 1.30 bits per heavy atom. The Morgan fingerprint density at radius 3 is 3.00 bits per heavy atom. The summed E-state index contributed by atoms with van der Waals surface area (Å²) in [5.41, 5.74) is 1.38. The third-order valence-corrected chi connectivity index (χ3v) is 4.82. The normalized spacial score (nSPS) is 30.6. The lowest BCUT2D eigenvalue weighted by Gasteiger charge is -2.36. The van der Waals surface area contributed by atoms with Gasteiger partial charge in [-0.2, -0.15) is 0 Å². The van der Waals surface area contributed by atoms with Crippen molar-refractivity contribution in [2.75, 3.05) is 33.3 Å². The number of nitrogens with zero attached hydrogens (tertiary/aromatic N) is 1. The Bertz CT molecular complexity index is 448. The molecular formula is C17H26N2O. The summed E-state index contributed by atoms with van der Waals surface area (Å²) in [5.74, 6) is 2.43. The van der Waals surface area contributed by atoms with Crippen molar-refractivity contribution in [1.29, 1.82) is 0 Å². The lowest BCUT2D eigenvalue weighted by Crippen LogP contribution is -2.48. The molecule has 20 heavy (non-hydrogen) atoms. The van der Waals surface area contributed by atoms with E-state index in [9.17, 15) is 0 Å². The van der Waals surface area contributed by atoms with Crippen LogP contribution in [-0.2, 0) is 0 Å². The van der Waals surface area contributed by atoms with Crippen LogP contribution < -0.4 is 10.1 Å². The number of para-hydroxylation sites is 1. The van der Waals surface area contributed by atoms with Crippen molar-refractivity contribution in [2.45, 2.75) is 31.7 Å². The molecule has 0 bridgehead atoms. The average molecular weight is 274 g/mol. The van der Waals surface area contributed by atoms with Crippen LogP contribution in [0.25, 0.3) is 0 Å². The summed E-state index contributed by atoms with van der Waals surface area (Å²) in [7, 11) is 2.22. The van der Waals surface area contributed by atoms with E-state index in [4.69, 9.17) is 4.74 Å². The molecule has 0 radical (unpaired) electrons. The van der Waals surface area contributed by atoms with Crippen LogP contribution in [0.2, 0.25) is 0 Å². The third kappa shape index (κ3) is 2.99. The highest BCUT2D eigenvalue weighted by molar-refractivity contribution is 5.37. The monoisotopic (exact) mass is 274 g/mol. The fourth-order valence-corrected chi connectivity index (χ4v) is 3.58. The second-order valence-corrected chi connectivity index (χ2v) is 6.41. The molecule has 0 aliphatic carbocycles. The minimum Gasteiger partial charge on any atom is -0.493 e. The van der Waals surface area contributed by atoms with Crippen LogP contribution in [0.5, 0.6) is 5.75 Å². The summed E-state index contributed by atoms with van der Waals surface area (Å²) in [4.78, 5) is 2.44. The Balaban J connectivity index is 1.59. The van der Waals surface area contributed by atoms with Crippen molar-refractivity contribution >= 4 is 0 Å². The first kappa shape index (κ1) is 13.9. The molecule has 3 rings (SSSR count). The van der Waals surface area contributed by atoms with E-state index in [2.05, 4.69) is 48.5 Å². The molecule has 3 unspecified atom stereocenters. The molecule has 0 spiro atoms. The quantitative estimate of drug-likeness (QED) is 0.916. The first-order valence-electron chi connectivity index (χ1n) is 7.87. The zero-order valence-electron chi connectivity index (χ0n) is 12.6. The number of hydrogen-bond acceptors (Lipinski definition) is 3. The Hall–Kier alpha value is -1.06. The number of benzene rings is 1. The summed E-state index contributed by atoms with van der Waals surface area (Å²) in [6.45, 7) is 6.73. The van der Waals surface area contributed by atoms with Crippen LogP contribution in [-0.4, -0.2) is 44.2 Å². The summed E-state index contributed by atoms with van der Waals surface area (Å²) in [5, 5.41) is 3.82. The van der Waals surface area contributed by atoms with Gasteiger partial charge in [0.2, 0.25) is 0 Å². The number of nitrogens with one attached hydrogen (secondary N) is 1. The van der Waals surface area contributed by atoms with E-state index in [-0.39, 0.29) is 0 Å². The largest absolute Gasteiger partial charge is 0.493 e. The first-order valence-corrected chi connectivity index (χ1v) is 7.87. The molecule has 3 heteroatoms. The van der Waals surface area contributed by atoms with Gasteiger partial charge in [-0.05, 0) is 44.0 Å². The number of fused-ring (bicyclic) bond motifs is 1. The summed E-state index contributed by atoms with van der Waals surface area (Å²) >= 11 is 0. The van der Waals surface area contributed by atoms with Crippen molar-refractivity contribution in [1.82, 2.24) is 10.2 Å². The highest BCUT2D eigenvalue weighted by atomic mass is 16.5. The van der Waals surface area contributed by atoms with Gasteiger partial charge in [0, 0.05) is 25.0 Å². The van der Waals surface area contributed by atoms with Gasteiger partial charge in [-0.1, -0.05) is 25.1 Å². The molecule has 1 saturated heterocycles. The minimum absolute atomic E-state index is 0.604. The number of rotatable bonds is 3. The number of piperidine rings is 1. The van der Waals surface area contributed by atoms with Crippen LogP contribution in [0.4, 0.5) is 0 Å². The Kier molecular flexibility index (Phi) is 4.27. The number of ether oxygens (including phenoxy) is 1. The Labute approximate surface area is 122 Å². The van der Waals surface area contributed by atoms with E-state index in [1.807, 2.05) is 0 Å². The molecule has 110 valence electrons. The summed E-state index contributed by atoms with van der Waals surface area (Å²) < 4.78 is 5.75. The van der Waals surface area contributed by atoms with Gasteiger partial charge >= 0.3 is 0 Å². The van der Waals surface area contributed by atoms with Crippen LogP contribution >= 0.6 is 0 Å². The van der Waals surface area contributed by atoms with Gasteiger partial charge in [0.1, 0.15) is 5.75 Å². The van der Waals surface area contributed by atoms with E-state index in [0.717, 1.165) is 31.2 Å². The second-order valence-electron chi connectivity index (χ2n) is 6.41. The maximum Gasteiger partial charge on any atom is 0.122 e. The van der Waals surface area contributed by atoms with E-state index < -0.39 is 0 Å². The van der Waals surface area contributed by atoms with Gasteiger partial charge in [-0.25, -0.2) is 0 Å². The average Bonchev–Trinajstić information content (AvgIpc) is 2.46. The summed E-state index contributed by atoms with van der Waals surface area (Å²) in [6, 6.07) is 9.17. The Morgan fingerprint density at radius 2 is 2.15 bits per heavy atom. The highest BCUT2D eigenvalue weighted by Gasteiger charge is 2.26. The topological polar surface area (TPSA) is 24.5 Å². The predicted octanol–water partition coefficient (Wildman–Crippen LogP) is 2.48. The van der Waals surface area contributed by atoms with Gasteiger partial charge in [-0.15, -0.1) is 0 Å². The van der Waals surface area contributed by atoms with Gasteiger partial charge in [-0.3, -0.25) is 0 Å². The lowest BCUT2D eigenvalue weighted by molar-refractivity contribution is 0.171. The lowest BCUT2D eigenvalue weighted by atomic mass is 9.90. The smallest absolute Gasteiger partial charge is 0.122 e. The first-order chi connectivity index (χ1) is 9.74. The van der Waals surface area contributed by atoms with Gasteiger partial charge < -0.3 is 15.0 Å². The zero-order valence-corrected chi connectivity index (χ0v) is 12.6. The molecular weight excluding hydrogens is 248 g/mol. The molecule has 3 atom stereocenters. The molecule has 3 nitrogen and oxygen atoms in total. The maximum absolute atomic E-state index is 5.75. The standard InChI is InChI=1S/C17H26N2O/c1-13-12-19(2)9-7-16(13)18-11-14-8-10-20-17-6-4-3-5-15(14)17/h3-6,13-14,16,18H,7-12H2,1-2H3. The van der Waals surface area contributed by atoms with Gasteiger partial charge in [0.15, 0.2) is 0 Å². The van der Waals surface area contributed by atoms with E-state index >= 15 is 0 Å². The molecule has 1 aromatic rings. The van der Waals surface area contributed by atoms with E-state index in [1.54, 1.807) is 0 Å². The molecule has 0 saturated carbocycles. The van der Waals surface area contributed by atoms with Gasteiger partial charge in [0.25, 0.3) is 0 Å². The molecule has 1 N–H and O–H groups in total. The molecule has 0 amide bonds. The predicted molar refractivity (Wildman–Crippen MR) is 82.4 cm³/mol. The summed E-state index contributed by atoms with van der Waals surface area (Å²) in [6.07, 6.45) is 2.40. The van der Waals surface area contributed by atoms with Crippen LogP contribution in [0, 0.1) is 5.92 Å². The van der Waals surface area contributed by atoms with Crippen molar-refractivity contribution in [2.24, 2.45) is 5.92 Å². The SMILES string of the molecule is CC1CN(C)CCC1NCC1CCOc2ccccc21. The highest BCUT2D eigenvalue weighted by Crippen LogP contribution is 2.33. The minimum atomic E-state index is 0.604. The second kappa shape index (κ2) is 6.15. The molecule has 0 aromatic heterocycles. The van der Waals surface area contributed by atoms with Crippen molar-refractivity contribution in [3.63, 3.8) is 0 Å². The van der Waals surface area contributed by atoms with Crippen LogP contribution in [0.15, 0.2) is 24.3 Å². The van der Waals surface area contributed by atoms with Crippen molar-refractivity contribution < 1.29 is 4.74 Å². The fourth-order valence-electron chi connectivity index (χ4n) is 3.58. The van der Waals surface area contributed by atoms with Crippen LogP contribution in [0.3, 0.4) is 0 Å². The molecule has 2 aliphatic rings. The fraction of sp³-hybridized carbons (Fsp3) is 0.647. The maximum atomic E-state index is 5.75. The number of hydrogen-bond donors (Lipinski definition) is 1. The van der Waals surface area contributed by atoms with Crippen molar-refractivity contribution in [3.8, 4) is 5.75 Å². The van der Waals surface area contributed by atoms with E-state index in [0.29, 0.717) is 12.0 Å². The molecule has 1 fully saturated rings. The third-order valence-electron chi connectivity index (χ3n) is 4.82. The van der Waals surface area contributed by atoms with E-state index in [1.165, 1.54) is 25.1 Å². The number of likely N-dealkylation sites (tertiary alicyclic amines) is 1. The van der Waals surface area contributed by atoms with Crippen molar-refractivity contribution in [3.05, 3.63) is 29.8 Å². The van der Waals surface area contributed by atoms with Gasteiger partial charge in [0.05, 0.1) is 6.61 Å². The molecule has 2 aliphatic heterocycles.